The van der Waals surface area contributed by atoms with Gasteiger partial charge in [-0.05, 0) is 62.1 Å². The highest BCUT2D eigenvalue weighted by atomic mass is 19.4. The zero-order valence-corrected chi connectivity index (χ0v) is 19.1. The summed E-state index contributed by atoms with van der Waals surface area (Å²) in [6.07, 6.45) is 2.72. The quantitative estimate of drug-likeness (QED) is 0.290. The number of nitrogens with two attached hydrogens (primary N) is 1. The number of benzene rings is 1. The molecule has 35 heavy (non-hydrogen) atoms. The number of amides is 1. The number of hydrogen-bond acceptors (Lipinski definition) is 4. The Kier molecular flexibility index (Phi) is 6.06. The summed E-state index contributed by atoms with van der Waals surface area (Å²) in [6, 6.07) is 3.31. The van der Waals surface area contributed by atoms with Gasteiger partial charge in [-0.3, -0.25) is 4.79 Å². The number of anilines is 1. The smallest absolute Gasteiger partial charge is 0.406 e. The standard InChI is InChI=1S/C25H26F4N4O2/c26-18-13-31-23-22(17-4-2-1-3-5-20(17)32-23)21(18)14-8-10-33(11-9-14)24(34)16-7-6-15(12-19(16)30)35-25(27,28)29/h6-7,12-14H,1-5,8-11,30H2,(H,31,32). The number of piperidine rings is 1. The van der Waals surface area contributed by atoms with Crippen LogP contribution in [0.5, 0.6) is 5.75 Å². The summed E-state index contributed by atoms with van der Waals surface area (Å²) in [4.78, 5) is 22.3. The van der Waals surface area contributed by atoms with Gasteiger partial charge < -0.3 is 20.4 Å². The third kappa shape index (κ3) is 4.66. The molecule has 186 valence electrons. The Morgan fingerprint density at radius 3 is 2.60 bits per heavy atom. The number of alkyl halides is 3. The van der Waals surface area contributed by atoms with E-state index in [1.807, 2.05) is 0 Å². The number of aromatic amines is 1. The molecular formula is C25H26F4N4O2. The number of ether oxygens (including phenoxy) is 1. The number of hydrogen-bond donors (Lipinski definition) is 2. The van der Waals surface area contributed by atoms with Crippen molar-refractivity contribution in [3.05, 3.63) is 52.6 Å². The lowest BCUT2D eigenvalue weighted by Crippen LogP contribution is -2.38. The molecule has 10 heteroatoms. The lowest BCUT2D eigenvalue weighted by atomic mass is 9.86. The topological polar surface area (TPSA) is 84.2 Å². The highest BCUT2D eigenvalue weighted by Gasteiger charge is 2.33. The predicted molar refractivity (Wildman–Crippen MR) is 123 cm³/mol. The summed E-state index contributed by atoms with van der Waals surface area (Å²) in [5, 5.41) is 0.899. The van der Waals surface area contributed by atoms with E-state index in [2.05, 4.69) is 14.7 Å². The van der Waals surface area contributed by atoms with Gasteiger partial charge in [0, 0.05) is 41.5 Å². The van der Waals surface area contributed by atoms with Gasteiger partial charge in [0.15, 0.2) is 0 Å². The molecule has 1 fully saturated rings. The van der Waals surface area contributed by atoms with E-state index < -0.39 is 12.1 Å². The van der Waals surface area contributed by atoms with Crippen molar-refractivity contribution in [2.45, 2.75) is 57.2 Å². The molecule has 1 amide bonds. The number of likely N-dealkylation sites (tertiary alicyclic amines) is 1. The van der Waals surface area contributed by atoms with Crippen LogP contribution in [0.1, 0.15) is 65.2 Å². The van der Waals surface area contributed by atoms with E-state index in [9.17, 15) is 18.0 Å². The van der Waals surface area contributed by atoms with Crippen LogP contribution in [-0.2, 0) is 12.8 Å². The number of H-pyrrole nitrogens is 1. The number of carbonyl (C=O) groups excluding carboxylic acids is 1. The molecule has 1 aromatic carbocycles. The average Bonchev–Trinajstić information content (AvgIpc) is 2.99. The highest BCUT2D eigenvalue weighted by molar-refractivity contribution is 5.99. The van der Waals surface area contributed by atoms with Crippen molar-refractivity contribution < 1.29 is 27.1 Å². The fourth-order valence-electron chi connectivity index (χ4n) is 5.41. The van der Waals surface area contributed by atoms with E-state index in [0.717, 1.165) is 61.0 Å². The molecular weight excluding hydrogens is 464 g/mol. The van der Waals surface area contributed by atoms with Gasteiger partial charge in [0.25, 0.3) is 5.91 Å². The number of carbonyl (C=O) groups is 1. The number of fused-ring (bicyclic) bond motifs is 3. The monoisotopic (exact) mass is 490 g/mol. The van der Waals surface area contributed by atoms with E-state index >= 15 is 4.39 Å². The first-order chi connectivity index (χ1) is 16.7. The molecule has 0 saturated carbocycles. The van der Waals surface area contributed by atoms with Crippen LogP contribution in [0.25, 0.3) is 11.0 Å². The summed E-state index contributed by atoms with van der Waals surface area (Å²) in [5.74, 6) is -1.23. The van der Waals surface area contributed by atoms with Crippen molar-refractivity contribution in [3.63, 3.8) is 0 Å². The lowest BCUT2D eigenvalue weighted by Gasteiger charge is -2.33. The molecule has 1 aliphatic heterocycles. The Morgan fingerprint density at radius 1 is 1.14 bits per heavy atom. The molecule has 2 aliphatic rings. The van der Waals surface area contributed by atoms with Crippen LogP contribution >= 0.6 is 0 Å². The summed E-state index contributed by atoms with van der Waals surface area (Å²) in [5.41, 5.74) is 9.61. The number of rotatable bonds is 3. The van der Waals surface area contributed by atoms with E-state index in [1.54, 1.807) is 4.90 Å². The van der Waals surface area contributed by atoms with Crippen molar-refractivity contribution in [2.75, 3.05) is 18.8 Å². The van der Waals surface area contributed by atoms with E-state index in [1.165, 1.54) is 17.8 Å². The maximum atomic E-state index is 15.1. The zero-order valence-electron chi connectivity index (χ0n) is 19.1. The first kappa shape index (κ1) is 23.4. The van der Waals surface area contributed by atoms with Crippen LogP contribution in [0.3, 0.4) is 0 Å². The van der Waals surface area contributed by atoms with Crippen molar-refractivity contribution >= 4 is 22.6 Å². The molecule has 0 unspecified atom stereocenters. The molecule has 0 spiro atoms. The third-order valence-corrected chi connectivity index (χ3v) is 7.04. The molecule has 0 atom stereocenters. The zero-order chi connectivity index (χ0) is 24.7. The van der Waals surface area contributed by atoms with Gasteiger partial charge in [-0.25, -0.2) is 9.37 Å². The van der Waals surface area contributed by atoms with Crippen LogP contribution in [-0.4, -0.2) is 40.2 Å². The van der Waals surface area contributed by atoms with Crippen LogP contribution in [0.2, 0.25) is 0 Å². The summed E-state index contributed by atoms with van der Waals surface area (Å²) >= 11 is 0. The van der Waals surface area contributed by atoms with Crippen LogP contribution in [0.4, 0.5) is 23.2 Å². The maximum absolute atomic E-state index is 15.1. The first-order valence-electron chi connectivity index (χ1n) is 11.8. The Morgan fingerprint density at radius 2 is 1.89 bits per heavy atom. The fourth-order valence-corrected chi connectivity index (χ4v) is 5.41. The Hall–Kier alpha value is -3.30. The second kappa shape index (κ2) is 9.05. The molecule has 3 N–H and O–H groups in total. The van der Waals surface area contributed by atoms with Crippen LogP contribution in [0.15, 0.2) is 24.4 Å². The molecule has 1 saturated heterocycles. The molecule has 5 rings (SSSR count). The van der Waals surface area contributed by atoms with Crippen molar-refractivity contribution in [1.29, 1.82) is 0 Å². The van der Waals surface area contributed by atoms with Crippen LogP contribution in [0, 0.1) is 5.82 Å². The van der Waals surface area contributed by atoms with Crippen LogP contribution < -0.4 is 10.5 Å². The third-order valence-electron chi connectivity index (χ3n) is 7.04. The molecule has 3 aromatic rings. The Balaban J connectivity index is 1.34. The van der Waals surface area contributed by atoms with Gasteiger partial charge in [-0.2, -0.15) is 0 Å². The van der Waals surface area contributed by atoms with E-state index in [0.29, 0.717) is 31.5 Å². The number of halogens is 4. The lowest BCUT2D eigenvalue weighted by molar-refractivity contribution is -0.274. The fraction of sp³-hybridized carbons (Fsp3) is 0.440. The van der Waals surface area contributed by atoms with E-state index in [4.69, 9.17) is 5.73 Å². The van der Waals surface area contributed by atoms with Crippen molar-refractivity contribution in [3.8, 4) is 5.75 Å². The SMILES string of the molecule is Nc1cc(OC(F)(F)F)ccc1C(=O)N1CCC(c2c(F)cnc3[nH]c4c(c23)CCCCC4)CC1. The van der Waals surface area contributed by atoms with Gasteiger partial charge in [0.1, 0.15) is 17.2 Å². The first-order valence-corrected chi connectivity index (χ1v) is 11.8. The summed E-state index contributed by atoms with van der Waals surface area (Å²) in [6.45, 7) is 0.777. The minimum atomic E-state index is -4.84. The largest absolute Gasteiger partial charge is 0.573 e. The minimum Gasteiger partial charge on any atom is -0.406 e. The molecule has 0 bridgehead atoms. The molecule has 1 aliphatic carbocycles. The molecule has 3 heterocycles. The molecule has 0 radical (unpaired) electrons. The second-order valence-corrected chi connectivity index (χ2v) is 9.25. The van der Waals surface area contributed by atoms with Gasteiger partial charge in [0.05, 0.1) is 11.8 Å². The molecule has 6 nitrogen and oxygen atoms in total. The Bertz CT molecular complexity index is 1260. The predicted octanol–water partition coefficient (Wildman–Crippen LogP) is 5.47. The summed E-state index contributed by atoms with van der Waals surface area (Å²) < 4.78 is 56.3. The molecule has 2 aromatic heterocycles. The van der Waals surface area contributed by atoms with Gasteiger partial charge in [-0.1, -0.05) is 6.42 Å². The highest BCUT2D eigenvalue weighted by Crippen LogP contribution is 2.39. The second-order valence-electron chi connectivity index (χ2n) is 9.25. The number of nitrogen functional groups attached to an aromatic ring is 1. The number of aromatic nitrogens is 2. The maximum Gasteiger partial charge on any atom is 0.573 e. The average molecular weight is 491 g/mol. The van der Waals surface area contributed by atoms with Crippen molar-refractivity contribution in [1.82, 2.24) is 14.9 Å². The van der Waals surface area contributed by atoms with Gasteiger partial charge in [0.2, 0.25) is 0 Å². The Labute approximate surface area is 199 Å². The minimum absolute atomic E-state index is 0.0624. The number of nitrogens with zero attached hydrogens (tertiary/aromatic N) is 2. The van der Waals surface area contributed by atoms with E-state index in [-0.39, 0.29) is 28.9 Å². The van der Waals surface area contributed by atoms with Gasteiger partial charge in [-0.15, -0.1) is 13.2 Å². The summed E-state index contributed by atoms with van der Waals surface area (Å²) in [7, 11) is 0. The number of nitrogens with one attached hydrogen (secondary N) is 1. The normalized spacial score (nSPS) is 17.3. The van der Waals surface area contributed by atoms with Gasteiger partial charge >= 0.3 is 6.36 Å². The number of pyridine rings is 1. The van der Waals surface area contributed by atoms with Crippen molar-refractivity contribution in [2.24, 2.45) is 0 Å². The number of aryl methyl sites for hydroxylation is 2.